The number of hydrogen-bond acceptors (Lipinski definition) is 6. The first kappa shape index (κ1) is 23.0. The summed E-state index contributed by atoms with van der Waals surface area (Å²) in [4.78, 5) is 5.00. The molecule has 0 bridgehead atoms. The predicted octanol–water partition coefficient (Wildman–Crippen LogP) is 5.25. The Hall–Kier alpha value is -3.78. The standard InChI is InChI=1S/C27H27N5O2S/c1-17-14-18(2)24(19(3)15-17)35(33,34)27-26-29-25(28-16-20(4)21-10-6-5-7-11-21)22-12-8-9-13-23(22)32(26)31-30-27/h5-15,20H,16H2,1-4H3,(H,28,29)/t20-/m1/s1. The smallest absolute Gasteiger partial charge is 0.230 e. The summed E-state index contributed by atoms with van der Waals surface area (Å²) in [6.07, 6.45) is 0. The van der Waals surface area contributed by atoms with E-state index >= 15 is 0 Å². The predicted molar refractivity (Wildman–Crippen MR) is 138 cm³/mol. The molecule has 5 aromatic rings. The van der Waals surface area contributed by atoms with Crippen LogP contribution in [0, 0.1) is 20.8 Å². The van der Waals surface area contributed by atoms with Gasteiger partial charge in [-0.15, -0.1) is 5.10 Å². The van der Waals surface area contributed by atoms with Gasteiger partial charge in [0.25, 0.3) is 0 Å². The van der Waals surface area contributed by atoms with Crippen molar-refractivity contribution >= 4 is 32.2 Å². The average molecular weight is 486 g/mol. The van der Waals surface area contributed by atoms with E-state index in [0.29, 0.717) is 23.5 Å². The maximum absolute atomic E-state index is 13.8. The second kappa shape index (κ2) is 8.78. The Morgan fingerprint density at radius 2 is 1.60 bits per heavy atom. The number of aryl methyl sites for hydroxylation is 3. The Kier molecular flexibility index (Phi) is 5.76. The fourth-order valence-electron chi connectivity index (χ4n) is 4.69. The van der Waals surface area contributed by atoms with Crippen molar-refractivity contribution in [1.82, 2.24) is 19.8 Å². The zero-order valence-electron chi connectivity index (χ0n) is 20.1. The summed E-state index contributed by atoms with van der Waals surface area (Å²) in [5, 5.41) is 12.5. The lowest BCUT2D eigenvalue weighted by molar-refractivity contribution is 0.591. The molecule has 0 unspecified atom stereocenters. The van der Waals surface area contributed by atoms with E-state index in [9.17, 15) is 8.42 Å². The van der Waals surface area contributed by atoms with Crippen molar-refractivity contribution in [1.29, 1.82) is 0 Å². The third-order valence-electron chi connectivity index (χ3n) is 6.29. The Labute approximate surface area is 204 Å². The van der Waals surface area contributed by atoms with Gasteiger partial charge in [0.2, 0.25) is 14.9 Å². The first-order valence-electron chi connectivity index (χ1n) is 11.5. The van der Waals surface area contributed by atoms with Crippen LogP contribution in [-0.2, 0) is 9.84 Å². The van der Waals surface area contributed by atoms with Gasteiger partial charge < -0.3 is 5.32 Å². The molecule has 2 heterocycles. The molecule has 0 aliphatic heterocycles. The number of anilines is 1. The topological polar surface area (TPSA) is 89.2 Å². The van der Waals surface area contributed by atoms with Crippen LogP contribution < -0.4 is 5.32 Å². The first-order valence-corrected chi connectivity index (χ1v) is 13.0. The lowest BCUT2D eigenvalue weighted by Gasteiger charge is -2.15. The van der Waals surface area contributed by atoms with Crippen LogP contribution in [0.25, 0.3) is 16.6 Å². The summed E-state index contributed by atoms with van der Waals surface area (Å²) in [6.45, 7) is 8.34. The SMILES string of the molecule is Cc1cc(C)c(S(=O)(=O)c2nnn3c2nc(NC[C@@H](C)c2ccccc2)c2ccccc23)c(C)c1. The Morgan fingerprint density at radius 1 is 0.943 bits per heavy atom. The lowest BCUT2D eigenvalue weighted by atomic mass is 10.0. The van der Waals surface area contributed by atoms with Gasteiger partial charge >= 0.3 is 0 Å². The second-order valence-corrected chi connectivity index (χ2v) is 10.8. The highest BCUT2D eigenvalue weighted by Gasteiger charge is 2.30. The molecule has 1 N–H and O–H groups in total. The molecule has 0 spiro atoms. The largest absolute Gasteiger partial charge is 0.369 e. The van der Waals surface area contributed by atoms with Crippen LogP contribution in [0.4, 0.5) is 5.82 Å². The van der Waals surface area contributed by atoms with Gasteiger partial charge in [-0.2, -0.15) is 4.52 Å². The van der Waals surface area contributed by atoms with Gasteiger partial charge in [0, 0.05) is 11.9 Å². The second-order valence-electron chi connectivity index (χ2n) is 9.03. The quantitative estimate of drug-likeness (QED) is 0.353. The van der Waals surface area contributed by atoms with Gasteiger partial charge in [0.1, 0.15) is 5.82 Å². The third-order valence-corrected chi connectivity index (χ3v) is 8.25. The first-order chi connectivity index (χ1) is 16.8. The highest BCUT2D eigenvalue weighted by atomic mass is 32.2. The summed E-state index contributed by atoms with van der Waals surface area (Å²) < 4.78 is 29.1. The van der Waals surface area contributed by atoms with Gasteiger partial charge in [-0.3, -0.25) is 0 Å². The summed E-state index contributed by atoms with van der Waals surface area (Å²) in [5.74, 6) is 0.837. The zero-order chi connectivity index (χ0) is 24.7. The highest BCUT2D eigenvalue weighted by Crippen LogP contribution is 2.31. The lowest BCUT2D eigenvalue weighted by Crippen LogP contribution is -2.13. The summed E-state index contributed by atoms with van der Waals surface area (Å²) in [6, 6.07) is 21.6. The zero-order valence-corrected chi connectivity index (χ0v) is 21.0. The van der Waals surface area contributed by atoms with E-state index in [1.165, 1.54) is 10.1 Å². The molecule has 7 nitrogen and oxygen atoms in total. The molecule has 178 valence electrons. The van der Waals surface area contributed by atoms with E-state index in [4.69, 9.17) is 4.98 Å². The molecule has 5 rings (SSSR count). The van der Waals surface area contributed by atoms with E-state index in [1.807, 2.05) is 61.5 Å². The summed E-state index contributed by atoms with van der Waals surface area (Å²) in [7, 11) is -3.94. The van der Waals surface area contributed by atoms with Gasteiger partial charge in [0.15, 0.2) is 5.65 Å². The van der Waals surface area contributed by atoms with E-state index < -0.39 is 9.84 Å². The van der Waals surface area contributed by atoms with Crippen LogP contribution in [-0.4, -0.2) is 34.8 Å². The minimum Gasteiger partial charge on any atom is -0.369 e. The Morgan fingerprint density at radius 3 is 2.31 bits per heavy atom. The molecule has 0 fully saturated rings. The van der Waals surface area contributed by atoms with Crippen LogP contribution >= 0.6 is 0 Å². The highest BCUT2D eigenvalue weighted by molar-refractivity contribution is 7.91. The number of aromatic nitrogens is 4. The summed E-state index contributed by atoms with van der Waals surface area (Å²) in [5.41, 5.74) is 4.52. The van der Waals surface area contributed by atoms with Crippen molar-refractivity contribution in [2.75, 3.05) is 11.9 Å². The number of nitrogens with zero attached hydrogens (tertiary/aromatic N) is 4. The van der Waals surface area contributed by atoms with Crippen LogP contribution in [0.1, 0.15) is 35.1 Å². The number of rotatable bonds is 6. The molecular weight excluding hydrogens is 458 g/mol. The van der Waals surface area contributed by atoms with Crippen molar-refractivity contribution in [3.63, 3.8) is 0 Å². The van der Waals surface area contributed by atoms with Crippen molar-refractivity contribution < 1.29 is 8.42 Å². The van der Waals surface area contributed by atoms with Crippen molar-refractivity contribution in [3.8, 4) is 0 Å². The van der Waals surface area contributed by atoms with Crippen LogP contribution in [0.2, 0.25) is 0 Å². The molecule has 0 amide bonds. The van der Waals surface area contributed by atoms with Gasteiger partial charge in [-0.1, -0.05) is 72.3 Å². The van der Waals surface area contributed by atoms with E-state index in [1.54, 1.807) is 13.8 Å². The molecule has 35 heavy (non-hydrogen) atoms. The molecule has 8 heteroatoms. The molecule has 1 atom stereocenters. The normalized spacial score (nSPS) is 12.8. The average Bonchev–Trinajstić information content (AvgIpc) is 3.27. The van der Waals surface area contributed by atoms with Crippen LogP contribution in [0.15, 0.2) is 76.7 Å². The third kappa shape index (κ3) is 4.04. The molecule has 0 aliphatic rings. The van der Waals surface area contributed by atoms with Gasteiger partial charge in [0.05, 0.1) is 10.4 Å². The maximum atomic E-state index is 13.8. The summed E-state index contributed by atoms with van der Waals surface area (Å²) >= 11 is 0. The molecule has 0 saturated heterocycles. The fraction of sp³-hybridized carbons (Fsp3) is 0.222. The number of nitrogens with one attached hydrogen (secondary N) is 1. The van der Waals surface area contributed by atoms with E-state index in [-0.39, 0.29) is 21.5 Å². The fourth-order valence-corrected chi connectivity index (χ4v) is 6.37. The molecule has 0 radical (unpaired) electrons. The number of hydrogen-bond donors (Lipinski definition) is 1. The van der Waals surface area contributed by atoms with E-state index in [2.05, 4.69) is 34.7 Å². The monoisotopic (exact) mass is 485 g/mol. The molecule has 2 aromatic heterocycles. The van der Waals surface area contributed by atoms with Crippen LogP contribution in [0.3, 0.4) is 0 Å². The number of fused-ring (bicyclic) bond motifs is 3. The van der Waals surface area contributed by atoms with E-state index in [0.717, 1.165) is 16.5 Å². The number of sulfone groups is 1. The molecular formula is C27H27N5O2S. The Bertz CT molecular complexity index is 1640. The molecule has 0 aliphatic carbocycles. The molecule has 3 aromatic carbocycles. The number of benzene rings is 3. The number of para-hydroxylation sites is 1. The van der Waals surface area contributed by atoms with Crippen molar-refractivity contribution in [2.24, 2.45) is 0 Å². The van der Waals surface area contributed by atoms with Crippen molar-refractivity contribution in [2.45, 2.75) is 43.5 Å². The minimum absolute atomic E-state index is 0.141. The maximum Gasteiger partial charge on any atom is 0.230 e. The minimum atomic E-state index is -3.94. The van der Waals surface area contributed by atoms with Gasteiger partial charge in [-0.25, -0.2) is 13.4 Å². The van der Waals surface area contributed by atoms with Crippen LogP contribution in [0.5, 0.6) is 0 Å². The van der Waals surface area contributed by atoms with Crippen molar-refractivity contribution in [3.05, 3.63) is 89.0 Å². The van der Waals surface area contributed by atoms with Gasteiger partial charge in [-0.05, 0) is 55.5 Å². The Balaban J connectivity index is 1.64. The molecule has 0 saturated carbocycles.